The molecule has 112 valence electrons. The minimum absolute atomic E-state index is 0.439. The molecule has 0 atom stereocenters. The van der Waals surface area contributed by atoms with Crippen LogP contribution in [-0.4, -0.2) is 28.8 Å². The third kappa shape index (κ3) is 4.59. The SMILES string of the molecule is COc1ccccc1Nc1nncc(NCCC(C)C)n1. The number of methoxy groups -OCH3 is 1. The first-order valence-corrected chi connectivity index (χ1v) is 7.02. The molecule has 1 aromatic heterocycles. The van der Waals surface area contributed by atoms with Crippen molar-refractivity contribution in [2.24, 2.45) is 5.92 Å². The van der Waals surface area contributed by atoms with E-state index in [0.29, 0.717) is 17.7 Å². The summed E-state index contributed by atoms with van der Waals surface area (Å²) in [7, 11) is 1.63. The van der Waals surface area contributed by atoms with Crippen molar-refractivity contribution in [2.45, 2.75) is 20.3 Å². The van der Waals surface area contributed by atoms with Gasteiger partial charge in [0.25, 0.3) is 0 Å². The summed E-state index contributed by atoms with van der Waals surface area (Å²) < 4.78 is 5.28. The second kappa shape index (κ2) is 7.42. The lowest BCUT2D eigenvalue weighted by atomic mass is 10.1. The molecule has 0 fully saturated rings. The highest BCUT2D eigenvalue weighted by Crippen LogP contribution is 2.25. The van der Waals surface area contributed by atoms with Crippen molar-refractivity contribution in [3.8, 4) is 5.75 Å². The van der Waals surface area contributed by atoms with Gasteiger partial charge in [-0.1, -0.05) is 26.0 Å². The van der Waals surface area contributed by atoms with Crippen LogP contribution in [0.25, 0.3) is 0 Å². The first-order chi connectivity index (χ1) is 10.2. The number of para-hydroxylation sites is 2. The molecule has 0 saturated heterocycles. The summed E-state index contributed by atoms with van der Waals surface area (Å²) in [6.45, 7) is 5.24. The van der Waals surface area contributed by atoms with Crippen LogP contribution in [0, 0.1) is 5.92 Å². The maximum atomic E-state index is 5.28. The average molecular weight is 287 g/mol. The summed E-state index contributed by atoms with van der Waals surface area (Å²) in [4.78, 5) is 4.39. The molecule has 0 amide bonds. The maximum absolute atomic E-state index is 5.28. The number of anilines is 3. The van der Waals surface area contributed by atoms with Gasteiger partial charge in [-0.3, -0.25) is 0 Å². The van der Waals surface area contributed by atoms with Crippen LogP contribution in [0.1, 0.15) is 20.3 Å². The third-order valence-electron chi connectivity index (χ3n) is 2.94. The van der Waals surface area contributed by atoms with Gasteiger partial charge >= 0.3 is 0 Å². The number of rotatable bonds is 7. The van der Waals surface area contributed by atoms with E-state index in [0.717, 1.165) is 24.4 Å². The number of nitrogens with zero attached hydrogens (tertiary/aromatic N) is 3. The Labute approximate surface area is 125 Å². The molecule has 2 rings (SSSR count). The van der Waals surface area contributed by atoms with E-state index < -0.39 is 0 Å². The van der Waals surface area contributed by atoms with Gasteiger partial charge in [0, 0.05) is 6.54 Å². The summed E-state index contributed by atoms with van der Waals surface area (Å²) in [6, 6.07) is 7.61. The van der Waals surface area contributed by atoms with Crippen molar-refractivity contribution < 1.29 is 4.74 Å². The number of hydrogen-bond acceptors (Lipinski definition) is 6. The molecular weight excluding hydrogens is 266 g/mol. The van der Waals surface area contributed by atoms with Crippen LogP contribution in [0.5, 0.6) is 5.75 Å². The Hall–Kier alpha value is -2.37. The van der Waals surface area contributed by atoms with Crippen LogP contribution in [-0.2, 0) is 0 Å². The van der Waals surface area contributed by atoms with Crippen molar-refractivity contribution in [2.75, 3.05) is 24.3 Å². The molecule has 0 aliphatic heterocycles. The fourth-order valence-corrected chi connectivity index (χ4v) is 1.80. The number of ether oxygens (including phenoxy) is 1. The van der Waals surface area contributed by atoms with E-state index in [1.54, 1.807) is 13.3 Å². The van der Waals surface area contributed by atoms with E-state index in [4.69, 9.17) is 4.74 Å². The Morgan fingerprint density at radius 2 is 2.05 bits per heavy atom. The van der Waals surface area contributed by atoms with Gasteiger partial charge in [0.05, 0.1) is 19.0 Å². The van der Waals surface area contributed by atoms with Gasteiger partial charge in [0.1, 0.15) is 5.75 Å². The van der Waals surface area contributed by atoms with Crippen LogP contribution in [0.2, 0.25) is 0 Å². The zero-order valence-corrected chi connectivity index (χ0v) is 12.6. The standard InChI is InChI=1S/C15H21N5O/c1-11(2)8-9-16-14-10-17-20-15(19-14)18-12-6-4-5-7-13(12)21-3/h4-7,10-11H,8-9H2,1-3H3,(H2,16,18,19,20). The number of benzene rings is 1. The lowest BCUT2D eigenvalue weighted by molar-refractivity contribution is 0.417. The zero-order chi connectivity index (χ0) is 15.1. The van der Waals surface area contributed by atoms with Crippen LogP contribution in [0.4, 0.5) is 17.5 Å². The normalized spacial score (nSPS) is 10.5. The summed E-state index contributed by atoms with van der Waals surface area (Å²) in [6.07, 6.45) is 2.70. The molecule has 0 aliphatic rings. The highest BCUT2D eigenvalue weighted by Gasteiger charge is 2.05. The lowest BCUT2D eigenvalue weighted by Gasteiger charge is -2.10. The molecule has 0 saturated carbocycles. The molecule has 0 aliphatic carbocycles. The Balaban J connectivity index is 2.03. The van der Waals surface area contributed by atoms with E-state index in [1.807, 2.05) is 24.3 Å². The van der Waals surface area contributed by atoms with E-state index >= 15 is 0 Å². The van der Waals surface area contributed by atoms with Crippen LogP contribution in [0.15, 0.2) is 30.5 Å². The van der Waals surface area contributed by atoms with Crippen LogP contribution >= 0.6 is 0 Å². The monoisotopic (exact) mass is 287 g/mol. The van der Waals surface area contributed by atoms with Crippen molar-refractivity contribution in [3.63, 3.8) is 0 Å². The van der Waals surface area contributed by atoms with Crippen molar-refractivity contribution in [3.05, 3.63) is 30.5 Å². The summed E-state index contributed by atoms with van der Waals surface area (Å²) in [5.41, 5.74) is 0.807. The number of aromatic nitrogens is 3. The smallest absolute Gasteiger partial charge is 0.249 e. The first-order valence-electron chi connectivity index (χ1n) is 7.02. The molecule has 1 aromatic carbocycles. The molecule has 6 heteroatoms. The van der Waals surface area contributed by atoms with Crippen LogP contribution < -0.4 is 15.4 Å². The fraction of sp³-hybridized carbons (Fsp3) is 0.400. The molecule has 1 heterocycles. The second-order valence-electron chi connectivity index (χ2n) is 5.10. The molecule has 0 radical (unpaired) electrons. The summed E-state index contributed by atoms with van der Waals surface area (Å²) in [5.74, 6) is 2.54. The van der Waals surface area contributed by atoms with Gasteiger partial charge < -0.3 is 15.4 Å². The lowest BCUT2D eigenvalue weighted by Crippen LogP contribution is -2.08. The van der Waals surface area contributed by atoms with Crippen LogP contribution in [0.3, 0.4) is 0 Å². The van der Waals surface area contributed by atoms with Gasteiger partial charge in [0.2, 0.25) is 5.95 Å². The Kier molecular flexibility index (Phi) is 5.31. The minimum atomic E-state index is 0.439. The summed E-state index contributed by atoms with van der Waals surface area (Å²) in [5, 5.41) is 14.3. The van der Waals surface area contributed by atoms with Crippen molar-refractivity contribution >= 4 is 17.5 Å². The number of hydrogen-bond donors (Lipinski definition) is 2. The average Bonchev–Trinajstić information content (AvgIpc) is 2.48. The predicted molar refractivity (Wildman–Crippen MR) is 84.0 cm³/mol. The first kappa shape index (κ1) is 15.0. The van der Waals surface area contributed by atoms with E-state index in [9.17, 15) is 0 Å². The fourth-order valence-electron chi connectivity index (χ4n) is 1.80. The molecule has 6 nitrogen and oxygen atoms in total. The Morgan fingerprint density at radius 1 is 1.24 bits per heavy atom. The van der Waals surface area contributed by atoms with Gasteiger partial charge in [0.15, 0.2) is 5.82 Å². The Morgan fingerprint density at radius 3 is 2.81 bits per heavy atom. The second-order valence-corrected chi connectivity index (χ2v) is 5.10. The van der Waals surface area contributed by atoms with Gasteiger partial charge in [-0.15, -0.1) is 5.10 Å². The largest absolute Gasteiger partial charge is 0.495 e. The van der Waals surface area contributed by atoms with E-state index in [2.05, 4.69) is 39.7 Å². The summed E-state index contributed by atoms with van der Waals surface area (Å²) >= 11 is 0. The van der Waals surface area contributed by atoms with Gasteiger partial charge in [-0.05, 0) is 24.5 Å². The highest BCUT2D eigenvalue weighted by atomic mass is 16.5. The Bertz CT molecular complexity index is 573. The molecule has 0 spiro atoms. The highest BCUT2D eigenvalue weighted by molar-refractivity contribution is 5.62. The third-order valence-corrected chi connectivity index (χ3v) is 2.94. The van der Waals surface area contributed by atoms with Crippen molar-refractivity contribution in [1.82, 2.24) is 15.2 Å². The minimum Gasteiger partial charge on any atom is -0.495 e. The molecule has 2 N–H and O–H groups in total. The molecule has 0 bridgehead atoms. The van der Waals surface area contributed by atoms with Gasteiger partial charge in [-0.2, -0.15) is 10.1 Å². The number of nitrogens with one attached hydrogen (secondary N) is 2. The molecular formula is C15H21N5O. The molecule has 2 aromatic rings. The quantitative estimate of drug-likeness (QED) is 0.815. The maximum Gasteiger partial charge on any atom is 0.249 e. The topological polar surface area (TPSA) is 72.0 Å². The van der Waals surface area contributed by atoms with E-state index in [-0.39, 0.29) is 0 Å². The van der Waals surface area contributed by atoms with Crippen molar-refractivity contribution in [1.29, 1.82) is 0 Å². The predicted octanol–water partition coefficient (Wildman–Crippen LogP) is 3.08. The van der Waals surface area contributed by atoms with Gasteiger partial charge in [-0.25, -0.2) is 0 Å². The zero-order valence-electron chi connectivity index (χ0n) is 12.6. The molecule has 0 unspecified atom stereocenters. The van der Waals surface area contributed by atoms with E-state index in [1.165, 1.54) is 0 Å². The molecule has 21 heavy (non-hydrogen) atoms.